The molecule has 0 aliphatic carbocycles. The molecule has 1 aromatic rings. The molecule has 106 valence electrons. The van der Waals surface area contributed by atoms with Gasteiger partial charge in [0.2, 0.25) is 15.9 Å². The summed E-state index contributed by atoms with van der Waals surface area (Å²) in [5.74, 6) is -0.926. The van der Waals surface area contributed by atoms with E-state index in [4.69, 9.17) is 0 Å². The van der Waals surface area contributed by atoms with E-state index in [1.165, 1.54) is 6.07 Å². The van der Waals surface area contributed by atoms with Crippen molar-refractivity contribution >= 4 is 15.9 Å². The van der Waals surface area contributed by atoms with E-state index in [0.717, 1.165) is 0 Å². The first-order valence-electron chi connectivity index (χ1n) is 5.92. The van der Waals surface area contributed by atoms with Crippen molar-refractivity contribution in [1.29, 1.82) is 0 Å². The Morgan fingerprint density at radius 2 is 2.00 bits per heavy atom. The van der Waals surface area contributed by atoms with Crippen molar-refractivity contribution in [1.82, 2.24) is 10.0 Å². The van der Waals surface area contributed by atoms with Crippen molar-refractivity contribution in [2.75, 3.05) is 12.3 Å². The Hall–Kier alpha value is -1.47. The molecule has 0 aromatic heterocycles. The molecule has 1 aromatic carbocycles. The summed E-state index contributed by atoms with van der Waals surface area (Å²) in [6.07, 6.45) is 0.478. The van der Waals surface area contributed by atoms with Crippen molar-refractivity contribution in [3.8, 4) is 0 Å². The lowest BCUT2D eigenvalue weighted by atomic mass is 10.2. The molecule has 0 fully saturated rings. The molecule has 0 saturated heterocycles. The van der Waals surface area contributed by atoms with Crippen LogP contribution in [0.1, 0.15) is 18.9 Å². The van der Waals surface area contributed by atoms with Crippen molar-refractivity contribution in [2.24, 2.45) is 0 Å². The number of hydrogen-bond acceptors (Lipinski definition) is 3. The highest BCUT2D eigenvalue weighted by atomic mass is 32.2. The minimum absolute atomic E-state index is 0.0202. The van der Waals surface area contributed by atoms with E-state index >= 15 is 0 Å². The Labute approximate surface area is 112 Å². The number of hydrogen-bond donors (Lipinski definition) is 2. The van der Waals surface area contributed by atoms with Crippen LogP contribution >= 0.6 is 0 Å². The lowest BCUT2D eigenvalue weighted by molar-refractivity contribution is -0.120. The molecule has 0 heterocycles. The van der Waals surface area contributed by atoms with Crippen molar-refractivity contribution in [3.05, 3.63) is 35.6 Å². The van der Waals surface area contributed by atoms with Crippen LogP contribution in [-0.2, 0) is 21.4 Å². The van der Waals surface area contributed by atoms with Crippen LogP contribution in [0, 0.1) is 5.82 Å². The summed E-state index contributed by atoms with van der Waals surface area (Å²) in [5, 5.41) is 2.45. The van der Waals surface area contributed by atoms with Crippen LogP contribution < -0.4 is 10.0 Å². The largest absolute Gasteiger partial charge is 0.351 e. The molecule has 1 rings (SSSR count). The molecule has 0 unspecified atom stereocenters. The van der Waals surface area contributed by atoms with Gasteiger partial charge in [-0.1, -0.05) is 25.1 Å². The Morgan fingerprint density at radius 1 is 1.32 bits per heavy atom. The molecule has 5 nitrogen and oxygen atoms in total. The predicted octanol–water partition coefficient (Wildman–Crippen LogP) is 0.771. The van der Waals surface area contributed by atoms with E-state index in [9.17, 15) is 17.6 Å². The van der Waals surface area contributed by atoms with E-state index < -0.39 is 21.7 Å². The molecule has 0 spiro atoms. The number of sulfonamides is 1. The molecule has 0 aliphatic rings. The predicted molar refractivity (Wildman–Crippen MR) is 70.3 cm³/mol. The fourth-order valence-corrected chi connectivity index (χ4v) is 2.45. The molecular formula is C12H17FN2O3S. The SMILES string of the molecule is CCCS(=O)(=O)NCC(=O)NCc1ccccc1F. The third-order valence-corrected chi connectivity index (χ3v) is 3.89. The van der Waals surface area contributed by atoms with Crippen LogP contribution in [0.2, 0.25) is 0 Å². The number of carbonyl (C=O) groups is 1. The highest BCUT2D eigenvalue weighted by molar-refractivity contribution is 7.89. The summed E-state index contributed by atoms with van der Waals surface area (Å²) in [6.45, 7) is 1.43. The molecule has 0 saturated carbocycles. The zero-order valence-corrected chi connectivity index (χ0v) is 11.5. The number of nitrogens with one attached hydrogen (secondary N) is 2. The Kier molecular flexibility index (Phi) is 5.91. The molecule has 0 radical (unpaired) electrons. The normalized spacial score (nSPS) is 11.3. The van der Waals surface area contributed by atoms with Gasteiger partial charge in [-0.3, -0.25) is 4.79 Å². The summed E-state index contributed by atoms with van der Waals surface area (Å²) < 4.78 is 38.1. The Morgan fingerprint density at radius 3 is 2.63 bits per heavy atom. The summed E-state index contributed by atoms with van der Waals surface area (Å²) >= 11 is 0. The van der Waals surface area contributed by atoms with E-state index in [0.29, 0.717) is 12.0 Å². The maximum Gasteiger partial charge on any atom is 0.235 e. The number of halogens is 1. The molecule has 0 atom stereocenters. The molecule has 19 heavy (non-hydrogen) atoms. The standard InChI is InChI=1S/C12H17FN2O3S/c1-2-7-19(17,18)15-9-12(16)14-8-10-5-3-4-6-11(10)13/h3-6,15H,2,7-9H2,1H3,(H,14,16). The van der Waals surface area contributed by atoms with Gasteiger partial charge in [0.25, 0.3) is 0 Å². The lowest BCUT2D eigenvalue weighted by Gasteiger charge is -2.07. The third kappa shape index (κ3) is 5.80. The minimum Gasteiger partial charge on any atom is -0.351 e. The van der Waals surface area contributed by atoms with Gasteiger partial charge in [-0.05, 0) is 12.5 Å². The van der Waals surface area contributed by atoms with Crippen LogP contribution in [0.5, 0.6) is 0 Å². The summed E-state index contributed by atoms with van der Waals surface area (Å²) in [6, 6.07) is 6.07. The number of amides is 1. The molecule has 2 N–H and O–H groups in total. The van der Waals surface area contributed by atoms with Crippen LogP contribution in [-0.4, -0.2) is 26.6 Å². The molecule has 7 heteroatoms. The summed E-state index contributed by atoms with van der Waals surface area (Å²) in [5.41, 5.74) is 0.354. The van der Waals surface area contributed by atoms with Crippen molar-refractivity contribution < 1.29 is 17.6 Å². The van der Waals surface area contributed by atoms with E-state index in [1.54, 1.807) is 25.1 Å². The second kappa shape index (κ2) is 7.20. The highest BCUT2D eigenvalue weighted by Crippen LogP contribution is 2.05. The third-order valence-electron chi connectivity index (χ3n) is 2.36. The van der Waals surface area contributed by atoms with Gasteiger partial charge < -0.3 is 5.32 Å². The van der Waals surface area contributed by atoms with Crippen molar-refractivity contribution in [2.45, 2.75) is 19.9 Å². The van der Waals surface area contributed by atoms with Crippen molar-refractivity contribution in [3.63, 3.8) is 0 Å². The molecule has 0 aliphatic heterocycles. The van der Waals surface area contributed by atoms with Gasteiger partial charge in [0, 0.05) is 12.1 Å². The zero-order valence-electron chi connectivity index (χ0n) is 10.6. The second-order valence-corrected chi connectivity index (χ2v) is 5.93. The van der Waals surface area contributed by atoms with Gasteiger partial charge in [0.15, 0.2) is 0 Å². The van der Waals surface area contributed by atoms with E-state index in [-0.39, 0.29) is 18.8 Å². The van der Waals surface area contributed by atoms with Gasteiger partial charge in [-0.25, -0.2) is 17.5 Å². The van der Waals surface area contributed by atoms with Crippen LogP contribution in [0.15, 0.2) is 24.3 Å². The number of rotatable bonds is 7. The average Bonchev–Trinajstić information content (AvgIpc) is 2.35. The van der Waals surface area contributed by atoms with E-state index in [2.05, 4.69) is 10.0 Å². The first-order chi connectivity index (χ1) is 8.94. The fraction of sp³-hybridized carbons (Fsp3) is 0.417. The topological polar surface area (TPSA) is 75.3 Å². The van der Waals surface area contributed by atoms with Gasteiger partial charge in [0.05, 0.1) is 12.3 Å². The molecule has 0 bridgehead atoms. The van der Waals surface area contributed by atoms with Gasteiger partial charge in [0.1, 0.15) is 5.82 Å². The highest BCUT2D eigenvalue weighted by Gasteiger charge is 2.11. The Bertz CT molecular complexity index is 532. The van der Waals surface area contributed by atoms with Gasteiger partial charge in [-0.15, -0.1) is 0 Å². The van der Waals surface area contributed by atoms with Gasteiger partial charge >= 0.3 is 0 Å². The summed E-state index contributed by atoms with van der Waals surface area (Å²) in [4.78, 5) is 11.4. The maximum atomic E-state index is 13.3. The molecule has 1 amide bonds. The van der Waals surface area contributed by atoms with E-state index in [1.807, 2.05) is 0 Å². The first-order valence-corrected chi connectivity index (χ1v) is 7.57. The number of carbonyl (C=O) groups excluding carboxylic acids is 1. The summed E-state index contributed by atoms with van der Waals surface area (Å²) in [7, 11) is -3.40. The smallest absolute Gasteiger partial charge is 0.235 e. The zero-order chi connectivity index (χ0) is 14.3. The van der Waals surface area contributed by atoms with Gasteiger partial charge in [-0.2, -0.15) is 0 Å². The van der Waals surface area contributed by atoms with Crippen LogP contribution in [0.4, 0.5) is 4.39 Å². The van der Waals surface area contributed by atoms with Crippen LogP contribution in [0.25, 0.3) is 0 Å². The monoisotopic (exact) mass is 288 g/mol. The second-order valence-electron chi connectivity index (χ2n) is 4.01. The Balaban J connectivity index is 2.39. The number of benzene rings is 1. The quantitative estimate of drug-likeness (QED) is 0.778. The minimum atomic E-state index is -3.40. The molecular weight excluding hydrogens is 271 g/mol. The first kappa shape index (κ1) is 15.6. The maximum absolute atomic E-state index is 13.3. The fourth-order valence-electron chi connectivity index (χ4n) is 1.41. The lowest BCUT2D eigenvalue weighted by Crippen LogP contribution is -2.37. The van der Waals surface area contributed by atoms with Crippen LogP contribution in [0.3, 0.4) is 0 Å². The average molecular weight is 288 g/mol.